The van der Waals surface area contributed by atoms with Crippen molar-refractivity contribution in [2.75, 3.05) is 31.9 Å². The highest BCUT2D eigenvalue weighted by molar-refractivity contribution is 7.99. The predicted molar refractivity (Wildman–Crippen MR) is 130 cm³/mol. The lowest BCUT2D eigenvalue weighted by molar-refractivity contribution is -0.129. The van der Waals surface area contributed by atoms with Gasteiger partial charge < -0.3 is 9.47 Å². The number of aromatic nitrogens is 2. The summed E-state index contributed by atoms with van der Waals surface area (Å²) in [6.45, 7) is 3.26. The number of piperazine rings is 1. The Labute approximate surface area is 203 Å². The minimum Gasteiger partial charge on any atom is -0.339 e. The Balaban J connectivity index is 1.30. The molecule has 0 radical (unpaired) electrons. The van der Waals surface area contributed by atoms with E-state index in [0.29, 0.717) is 25.2 Å². The van der Waals surface area contributed by atoms with Gasteiger partial charge in [-0.3, -0.25) is 9.59 Å². The second kappa shape index (κ2) is 10.5. The summed E-state index contributed by atoms with van der Waals surface area (Å²) in [5, 5.41) is 0.771. The van der Waals surface area contributed by atoms with Crippen molar-refractivity contribution >= 4 is 33.5 Å². The van der Waals surface area contributed by atoms with Crippen LogP contribution in [0.4, 0.5) is 0 Å². The fourth-order valence-electron chi connectivity index (χ4n) is 3.74. The number of hydrogen-bond acceptors (Lipinski definition) is 6. The molecule has 0 bridgehead atoms. The van der Waals surface area contributed by atoms with Gasteiger partial charge in [-0.05, 0) is 24.6 Å². The first-order valence-corrected chi connectivity index (χ1v) is 13.3. The van der Waals surface area contributed by atoms with Gasteiger partial charge in [-0.2, -0.15) is 4.31 Å². The van der Waals surface area contributed by atoms with E-state index in [-0.39, 0.29) is 35.4 Å². The number of thioether (sulfide) groups is 1. The van der Waals surface area contributed by atoms with Gasteiger partial charge in [0, 0.05) is 50.7 Å². The van der Waals surface area contributed by atoms with Crippen LogP contribution in [0.5, 0.6) is 0 Å². The van der Waals surface area contributed by atoms with Crippen molar-refractivity contribution < 1.29 is 18.0 Å². The maximum atomic E-state index is 12.9. The van der Waals surface area contributed by atoms with Crippen LogP contribution in [0.15, 0.2) is 77.0 Å². The third-order valence-corrected chi connectivity index (χ3v) is 8.59. The van der Waals surface area contributed by atoms with E-state index in [9.17, 15) is 18.0 Å². The van der Waals surface area contributed by atoms with Gasteiger partial charge in [-0.15, -0.1) is 0 Å². The van der Waals surface area contributed by atoms with E-state index in [1.807, 2.05) is 41.1 Å². The number of sulfonamides is 1. The third kappa shape index (κ3) is 5.57. The number of rotatable bonds is 8. The largest absolute Gasteiger partial charge is 0.339 e. The number of nitrogens with zero attached hydrogens (tertiary/aromatic N) is 4. The zero-order valence-electron chi connectivity index (χ0n) is 18.8. The number of benzene rings is 2. The van der Waals surface area contributed by atoms with Gasteiger partial charge in [-0.25, -0.2) is 13.4 Å². The highest BCUT2D eigenvalue weighted by Crippen LogP contribution is 2.21. The molecule has 2 heterocycles. The first kappa shape index (κ1) is 24.2. The number of carbonyl (C=O) groups is 2. The normalized spacial score (nSPS) is 14.8. The summed E-state index contributed by atoms with van der Waals surface area (Å²) in [7, 11) is -3.67. The Kier molecular flexibility index (Phi) is 7.50. The lowest BCUT2D eigenvalue weighted by Gasteiger charge is -2.34. The predicted octanol–water partition coefficient (Wildman–Crippen LogP) is 2.76. The molecule has 2 aromatic carbocycles. The molecule has 1 saturated heterocycles. The molecule has 4 rings (SSSR count). The second-order valence-electron chi connectivity index (χ2n) is 7.98. The summed E-state index contributed by atoms with van der Waals surface area (Å²) in [5.74, 6) is 0.0871. The SMILES string of the molecule is CC(=O)c1ccc(S(=O)(=O)N2CCN(C(=O)CSc3nccn3Cc3ccccc3)CC2)cc1. The minimum atomic E-state index is -3.67. The van der Waals surface area contributed by atoms with E-state index in [1.54, 1.807) is 11.1 Å². The monoisotopic (exact) mass is 498 g/mol. The summed E-state index contributed by atoms with van der Waals surface area (Å²) in [4.78, 5) is 30.4. The number of Topliss-reactive ketones (excluding diaryl/α,β-unsaturated/α-hetero) is 1. The van der Waals surface area contributed by atoms with Crippen LogP contribution in [0.1, 0.15) is 22.8 Å². The quantitative estimate of drug-likeness (QED) is 0.350. The smallest absolute Gasteiger partial charge is 0.243 e. The number of carbonyl (C=O) groups excluding carboxylic acids is 2. The van der Waals surface area contributed by atoms with Crippen LogP contribution in [0.2, 0.25) is 0 Å². The maximum Gasteiger partial charge on any atom is 0.243 e. The van der Waals surface area contributed by atoms with Gasteiger partial charge in [0.1, 0.15) is 0 Å². The highest BCUT2D eigenvalue weighted by atomic mass is 32.2. The Bertz CT molecular complexity index is 1250. The molecule has 34 heavy (non-hydrogen) atoms. The molecule has 0 aliphatic carbocycles. The van der Waals surface area contributed by atoms with E-state index in [1.165, 1.54) is 47.3 Å². The van der Waals surface area contributed by atoms with E-state index >= 15 is 0 Å². The molecule has 178 valence electrons. The van der Waals surface area contributed by atoms with Gasteiger partial charge in [0.15, 0.2) is 10.9 Å². The highest BCUT2D eigenvalue weighted by Gasteiger charge is 2.30. The fourth-order valence-corrected chi connectivity index (χ4v) is 6.03. The molecule has 0 N–H and O–H groups in total. The van der Waals surface area contributed by atoms with E-state index in [0.717, 1.165) is 10.7 Å². The maximum absolute atomic E-state index is 12.9. The van der Waals surface area contributed by atoms with Crippen LogP contribution >= 0.6 is 11.8 Å². The molecule has 1 fully saturated rings. The Hall–Kier alpha value is -2.95. The Morgan fingerprint density at radius 1 is 0.971 bits per heavy atom. The van der Waals surface area contributed by atoms with Crippen molar-refractivity contribution in [2.24, 2.45) is 0 Å². The van der Waals surface area contributed by atoms with Crippen LogP contribution in [0, 0.1) is 0 Å². The summed E-state index contributed by atoms with van der Waals surface area (Å²) >= 11 is 1.38. The third-order valence-electron chi connectivity index (χ3n) is 5.69. The van der Waals surface area contributed by atoms with Crippen LogP contribution < -0.4 is 0 Å². The van der Waals surface area contributed by atoms with E-state index < -0.39 is 10.0 Å². The molecule has 1 aromatic heterocycles. The lowest BCUT2D eigenvalue weighted by atomic mass is 10.2. The standard InChI is InChI=1S/C24H26N4O4S2/c1-19(29)21-7-9-22(10-8-21)34(31,32)28-15-13-26(14-16-28)23(30)18-33-24-25-11-12-27(24)17-20-5-3-2-4-6-20/h2-12H,13-18H2,1H3. The Morgan fingerprint density at radius 2 is 1.65 bits per heavy atom. The number of hydrogen-bond donors (Lipinski definition) is 0. The molecule has 8 nitrogen and oxygen atoms in total. The molecule has 0 saturated carbocycles. The fraction of sp³-hybridized carbons (Fsp3) is 0.292. The summed E-state index contributed by atoms with van der Waals surface area (Å²) < 4.78 is 29.3. The molecule has 0 unspecified atom stereocenters. The second-order valence-corrected chi connectivity index (χ2v) is 10.9. The topological polar surface area (TPSA) is 92.6 Å². The molecule has 3 aromatic rings. The van der Waals surface area contributed by atoms with Gasteiger partial charge >= 0.3 is 0 Å². The summed E-state index contributed by atoms with van der Waals surface area (Å²) in [6, 6.07) is 16.0. The van der Waals surface area contributed by atoms with Crippen molar-refractivity contribution in [2.45, 2.75) is 23.5 Å². The summed E-state index contributed by atoms with van der Waals surface area (Å²) in [5.41, 5.74) is 1.62. The zero-order chi connectivity index (χ0) is 24.1. The van der Waals surface area contributed by atoms with Gasteiger partial charge in [0.25, 0.3) is 0 Å². The first-order chi connectivity index (χ1) is 16.3. The number of imidazole rings is 1. The van der Waals surface area contributed by atoms with Crippen molar-refractivity contribution in [3.05, 3.63) is 78.1 Å². The van der Waals surface area contributed by atoms with Gasteiger partial charge in [0.2, 0.25) is 15.9 Å². The zero-order valence-corrected chi connectivity index (χ0v) is 20.5. The van der Waals surface area contributed by atoms with E-state index in [4.69, 9.17) is 0 Å². The van der Waals surface area contributed by atoms with Crippen LogP contribution in [0.25, 0.3) is 0 Å². The van der Waals surface area contributed by atoms with Crippen molar-refractivity contribution in [3.8, 4) is 0 Å². The molecule has 1 aliphatic heterocycles. The van der Waals surface area contributed by atoms with Crippen LogP contribution in [-0.2, 0) is 21.4 Å². The van der Waals surface area contributed by atoms with Gasteiger partial charge in [-0.1, -0.05) is 54.2 Å². The molecule has 1 aliphatic rings. The molecular weight excluding hydrogens is 472 g/mol. The van der Waals surface area contributed by atoms with E-state index in [2.05, 4.69) is 4.98 Å². The average Bonchev–Trinajstić information content (AvgIpc) is 3.30. The van der Waals surface area contributed by atoms with Crippen molar-refractivity contribution in [3.63, 3.8) is 0 Å². The van der Waals surface area contributed by atoms with Crippen LogP contribution in [0.3, 0.4) is 0 Å². The Morgan fingerprint density at radius 3 is 2.29 bits per heavy atom. The molecule has 0 atom stereocenters. The number of ketones is 1. The molecule has 0 spiro atoms. The average molecular weight is 499 g/mol. The first-order valence-electron chi connectivity index (χ1n) is 10.9. The molecule has 10 heteroatoms. The minimum absolute atomic E-state index is 0.0397. The van der Waals surface area contributed by atoms with Gasteiger partial charge in [0.05, 0.1) is 10.6 Å². The summed E-state index contributed by atoms with van der Waals surface area (Å²) in [6.07, 6.45) is 3.62. The number of amides is 1. The lowest BCUT2D eigenvalue weighted by Crippen LogP contribution is -2.51. The molecular formula is C24H26N4O4S2. The van der Waals surface area contributed by atoms with Crippen molar-refractivity contribution in [1.82, 2.24) is 18.8 Å². The molecule has 1 amide bonds. The van der Waals surface area contributed by atoms with Crippen molar-refractivity contribution in [1.29, 1.82) is 0 Å². The van der Waals surface area contributed by atoms with Crippen LogP contribution in [-0.4, -0.2) is 70.8 Å².